The largest absolute Gasteiger partial charge is 0.481 e. The molecule has 1 heterocycles. The fourth-order valence-electron chi connectivity index (χ4n) is 1.21. The standard InChI is InChI=1S/C11H16N4O4S/c1-11(2,7-12)8-14-20(18,19)9-5-13-15(6-9)4-3-10(16)17/h5-6,14H,3-4,8H2,1-2H3,(H,16,17). The molecule has 1 rings (SSSR count). The molecule has 0 saturated carbocycles. The molecule has 9 heteroatoms. The number of aryl methyl sites for hydroxylation is 1. The molecule has 8 nitrogen and oxygen atoms in total. The molecule has 0 aliphatic rings. The fourth-order valence-corrected chi connectivity index (χ4v) is 2.38. The maximum Gasteiger partial charge on any atom is 0.305 e. The van der Waals surface area contributed by atoms with Crippen LogP contribution in [0, 0.1) is 16.7 Å². The maximum atomic E-state index is 12.0. The lowest BCUT2D eigenvalue weighted by molar-refractivity contribution is -0.137. The fraction of sp³-hybridized carbons (Fsp3) is 0.545. The third-order valence-electron chi connectivity index (χ3n) is 2.48. The summed E-state index contributed by atoms with van der Waals surface area (Å²) in [4.78, 5) is 10.4. The first-order chi connectivity index (χ1) is 9.16. The van der Waals surface area contributed by atoms with Gasteiger partial charge in [0, 0.05) is 12.7 Å². The first-order valence-electron chi connectivity index (χ1n) is 5.81. The van der Waals surface area contributed by atoms with E-state index in [4.69, 9.17) is 10.4 Å². The number of nitrogens with zero attached hydrogens (tertiary/aromatic N) is 3. The van der Waals surface area contributed by atoms with Gasteiger partial charge in [0.05, 0.1) is 30.6 Å². The van der Waals surface area contributed by atoms with E-state index in [1.54, 1.807) is 13.8 Å². The summed E-state index contributed by atoms with van der Waals surface area (Å²) >= 11 is 0. The molecule has 2 N–H and O–H groups in total. The lowest BCUT2D eigenvalue weighted by Crippen LogP contribution is -2.33. The number of carboxylic acids is 1. The predicted octanol–water partition coefficient (Wildman–Crippen LogP) is 0.186. The van der Waals surface area contributed by atoms with Gasteiger partial charge in [0.15, 0.2) is 0 Å². The molecule has 20 heavy (non-hydrogen) atoms. The summed E-state index contributed by atoms with van der Waals surface area (Å²) in [5, 5.41) is 21.2. The molecular weight excluding hydrogens is 284 g/mol. The molecule has 1 aromatic rings. The molecule has 0 unspecified atom stereocenters. The molecule has 0 aliphatic carbocycles. The molecule has 0 aromatic carbocycles. The van der Waals surface area contributed by atoms with E-state index >= 15 is 0 Å². The van der Waals surface area contributed by atoms with Crippen LogP contribution in [0.25, 0.3) is 0 Å². The van der Waals surface area contributed by atoms with Crippen molar-refractivity contribution in [2.24, 2.45) is 5.41 Å². The zero-order chi connectivity index (χ0) is 15.4. The van der Waals surface area contributed by atoms with Gasteiger partial charge in [-0.2, -0.15) is 10.4 Å². The van der Waals surface area contributed by atoms with Gasteiger partial charge in [0.1, 0.15) is 4.90 Å². The topological polar surface area (TPSA) is 125 Å². The minimum atomic E-state index is -3.75. The van der Waals surface area contributed by atoms with Crippen LogP contribution in [0.2, 0.25) is 0 Å². The summed E-state index contributed by atoms with van der Waals surface area (Å²) < 4.78 is 27.5. The highest BCUT2D eigenvalue weighted by atomic mass is 32.2. The smallest absolute Gasteiger partial charge is 0.305 e. The number of rotatable bonds is 7. The lowest BCUT2D eigenvalue weighted by Gasteiger charge is -2.15. The quantitative estimate of drug-likeness (QED) is 0.740. The highest BCUT2D eigenvalue weighted by Gasteiger charge is 2.23. The van der Waals surface area contributed by atoms with Crippen molar-refractivity contribution >= 4 is 16.0 Å². The zero-order valence-corrected chi connectivity index (χ0v) is 12.0. The van der Waals surface area contributed by atoms with Gasteiger partial charge in [-0.3, -0.25) is 9.48 Å². The number of carboxylic acid groups (broad SMARTS) is 1. The number of carbonyl (C=O) groups is 1. The van der Waals surface area contributed by atoms with E-state index < -0.39 is 21.4 Å². The van der Waals surface area contributed by atoms with Crippen molar-refractivity contribution in [1.29, 1.82) is 5.26 Å². The summed E-state index contributed by atoms with van der Waals surface area (Å²) in [5.41, 5.74) is -0.813. The van der Waals surface area contributed by atoms with Crippen LogP contribution in [0.5, 0.6) is 0 Å². The van der Waals surface area contributed by atoms with E-state index in [1.807, 2.05) is 6.07 Å². The second kappa shape index (κ2) is 6.02. The first kappa shape index (κ1) is 16.1. The number of nitrogens with one attached hydrogen (secondary N) is 1. The van der Waals surface area contributed by atoms with Gasteiger partial charge < -0.3 is 5.11 Å². The minimum absolute atomic E-state index is 0.0217. The van der Waals surface area contributed by atoms with Crippen LogP contribution >= 0.6 is 0 Å². The highest BCUT2D eigenvalue weighted by molar-refractivity contribution is 7.89. The molecule has 0 atom stereocenters. The van der Waals surface area contributed by atoms with Crippen LogP contribution in [0.1, 0.15) is 20.3 Å². The second-order valence-corrected chi connectivity index (χ2v) is 6.67. The van der Waals surface area contributed by atoms with E-state index in [0.29, 0.717) is 0 Å². The summed E-state index contributed by atoms with van der Waals surface area (Å²) in [6, 6.07) is 1.99. The maximum absolute atomic E-state index is 12.0. The van der Waals surface area contributed by atoms with Crippen molar-refractivity contribution in [1.82, 2.24) is 14.5 Å². The minimum Gasteiger partial charge on any atom is -0.481 e. The van der Waals surface area contributed by atoms with Crippen molar-refractivity contribution < 1.29 is 18.3 Å². The molecule has 0 bridgehead atoms. The molecule has 110 valence electrons. The number of hydrogen-bond acceptors (Lipinski definition) is 5. The number of sulfonamides is 1. The summed E-state index contributed by atoms with van der Waals surface area (Å²) in [6.07, 6.45) is 2.25. The number of nitriles is 1. The Morgan fingerprint density at radius 3 is 2.80 bits per heavy atom. The third-order valence-corrected chi connectivity index (χ3v) is 3.84. The second-order valence-electron chi connectivity index (χ2n) is 4.90. The van der Waals surface area contributed by atoms with E-state index in [1.165, 1.54) is 10.9 Å². The molecule has 0 spiro atoms. The van der Waals surface area contributed by atoms with E-state index in [0.717, 1.165) is 6.20 Å². The van der Waals surface area contributed by atoms with Gasteiger partial charge in [0.25, 0.3) is 0 Å². The van der Waals surface area contributed by atoms with Crippen molar-refractivity contribution in [2.45, 2.75) is 31.7 Å². The monoisotopic (exact) mass is 300 g/mol. The Labute approximate surface area is 117 Å². The Morgan fingerprint density at radius 1 is 1.60 bits per heavy atom. The molecule has 1 aromatic heterocycles. The molecule has 0 fully saturated rings. The molecular formula is C11H16N4O4S. The Balaban J connectivity index is 2.74. The van der Waals surface area contributed by atoms with Gasteiger partial charge in [-0.1, -0.05) is 0 Å². The van der Waals surface area contributed by atoms with Crippen molar-refractivity contribution in [3.63, 3.8) is 0 Å². The average molecular weight is 300 g/mol. The Hall–Kier alpha value is -1.92. The average Bonchev–Trinajstić information content (AvgIpc) is 2.84. The van der Waals surface area contributed by atoms with Crippen LogP contribution in [0.15, 0.2) is 17.3 Å². The van der Waals surface area contributed by atoms with Crippen LogP contribution in [0.4, 0.5) is 0 Å². The normalized spacial score (nSPS) is 12.1. The van der Waals surface area contributed by atoms with Gasteiger partial charge in [-0.25, -0.2) is 13.1 Å². The summed E-state index contributed by atoms with van der Waals surface area (Å²) in [5.74, 6) is -0.987. The Bertz CT molecular complexity index is 627. The zero-order valence-electron chi connectivity index (χ0n) is 11.2. The first-order valence-corrected chi connectivity index (χ1v) is 7.30. The number of hydrogen-bond donors (Lipinski definition) is 2. The van der Waals surface area contributed by atoms with E-state index in [-0.39, 0.29) is 24.4 Å². The molecule has 0 saturated heterocycles. The van der Waals surface area contributed by atoms with Crippen LogP contribution in [0.3, 0.4) is 0 Å². The van der Waals surface area contributed by atoms with Gasteiger partial charge >= 0.3 is 5.97 Å². The summed E-state index contributed by atoms with van der Waals surface area (Å²) in [6.45, 7) is 3.30. The van der Waals surface area contributed by atoms with Crippen molar-refractivity contribution in [3.8, 4) is 6.07 Å². The number of aromatic nitrogens is 2. The third kappa shape index (κ3) is 4.64. The van der Waals surface area contributed by atoms with Crippen LogP contribution in [-0.2, 0) is 21.4 Å². The molecule has 0 aliphatic heterocycles. The van der Waals surface area contributed by atoms with Gasteiger partial charge in [0.2, 0.25) is 10.0 Å². The molecule has 0 amide bonds. The van der Waals surface area contributed by atoms with Crippen LogP contribution in [-0.4, -0.2) is 35.8 Å². The molecule has 0 radical (unpaired) electrons. The lowest BCUT2D eigenvalue weighted by atomic mass is 9.97. The Morgan fingerprint density at radius 2 is 2.25 bits per heavy atom. The van der Waals surface area contributed by atoms with E-state index in [9.17, 15) is 13.2 Å². The van der Waals surface area contributed by atoms with E-state index in [2.05, 4.69) is 9.82 Å². The van der Waals surface area contributed by atoms with Crippen LogP contribution < -0.4 is 4.72 Å². The van der Waals surface area contributed by atoms with Crippen molar-refractivity contribution in [2.75, 3.05) is 6.54 Å². The predicted molar refractivity (Wildman–Crippen MR) is 69.1 cm³/mol. The SMILES string of the molecule is CC(C)(C#N)CNS(=O)(=O)c1cnn(CCC(=O)O)c1. The number of aliphatic carboxylic acids is 1. The highest BCUT2D eigenvalue weighted by Crippen LogP contribution is 2.14. The van der Waals surface area contributed by atoms with Crippen molar-refractivity contribution in [3.05, 3.63) is 12.4 Å². The summed E-state index contributed by atoms with van der Waals surface area (Å²) in [7, 11) is -3.75. The Kier molecular flexibility index (Phi) is 4.86. The van der Waals surface area contributed by atoms with Gasteiger partial charge in [-0.05, 0) is 13.8 Å². The van der Waals surface area contributed by atoms with Gasteiger partial charge in [-0.15, -0.1) is 0 Å².